The maximum atomic E-state index is 11.5. The monoisotopic (exact) mass is 318 g/mol. The fourth-order valence-corrected chi connectivity index (χ4v) is 1.33. The van der Waals surface area contributed by atoms with E-state index >= 15 is 0 Å². The zero-order valence-corrected chi connectivity index (χ0v) is 13.2. The molecule has 8 nitrogen and oxygen atoms in total. The van der Waals surface area contributed by atoms with Gasteiger partial charge in [0.05, 0.1) is 26.1 Å². The minimum atomic E-state index is -1.04. The van der Waals surface area contributed by atoms with Gasteiger partial charge in [-0.1, -0.05) is 0 Å². The lowest BCUT2D eigenvalue weighted by atomic mass is 10.3. The lowest BCUT2D eigenvalue weighted by Crippen LogP contribution is -2.28. The number of carbonyl (C=O) groups is 4. The van der Waals surface area contributed by atoms with Crippen molar-refractivity contribution in [3.63, 3.8) is 0 Å². The van der Waals surface area contributed by atoms with Crippen LogP contribution in [0.2, 0.25) is 0 Å². The molecule has 0 aliphatic rings. The largest absolute Gasteiger partial charge is 0.463 e. The number of hydrogen-bond acceptors (Lipinski definition) is 8. The Hall–Kier alpha value is -2.12. The average molecular weight is 318 g/mol. The topological polar surface area (TPSA) is 105 Å². The van der Waals surface area contributed by atoms with Gasteiger partial charge in [-0.25, -0.2) is 9.59 Å². The van der Waals surface area contributed by atoms with Crippen LogP contribution in [0.1, 0.15) is 40.5 Å². The summed E-state index contributed by atoms with van der Waals surface area (Å²) < 4.78 is 18.9. The molecule has 0 amide bonds. The first-order chi connectivity index (χ1) is 10.3. The first-order valence-corrected chi connectivity index (χ1v) is 7.04. The molecule has 0 aliphatic carbocycles. The van der Waals surface area contributed by atoms with Gasteiger partial charge in [0.2, 0.25) is 0 Å². The van der Waals surface area contributed by atoms with E-state index in [1.54, 1.807) is 13.8 Å². The molecule has 126 valence electrons. The molecule has 0 fully saturated rings. The second kappa shape index (κ2) is 10.6. The minimum absolute atomic E-state index is 0.179. The van der Waals surface area contributed by atoms with Crippen LogP contribution in [0.25, 0.3) is 0 Å². The Morgan fingerprint density at radius 3 is 1.32 bits per heavy atom. The molecular weight excluding hydrogens is 296 g/mol. The van der Waals surface area contributed by atoms with Gasteiger partial charge in [0.15, 0.2) is 12.2 Å². The first-order valence-electron chi connectivity index (χ1n) is 7.04. The van der Waals surface area contributed by atoms with E-state index in [4.69, 9.17) is 9.47 Å². The summed E-state index contributed by atoms with van der Waals surface area (Å²) in [7, 11) is 0. The van der Waals surface area contributed by atoms with Crippen molar-refractivity contribution in [3.8, 4) is 0 Å². The van der Waals surface area contributed by atoms with Crippen molar-refractivity contribution in [2.45, 2.75) is 52.7 Å². The Labute approximate surface area is 129 Å². The van der Waals surface area contributed by atoms with Crippen molar-refractivity contribution < 1.29 is 38.1 Å². The van der Waals surface area contributed by atoms with E-state index in [1.807, 2.05) is 0 Å². The van der Waals surface area contributed by atoms with E-state index in [0.717, 1.165) is 0 Å². The van der Waals surface area contributed by atoms with E-state index in [1.165, 1.54) is 13.8 Å². The molecule has 8 heteroatoms. The van der Waals surface area contributed by atoms with Gasteiger partial charge < -0.3 is 18.9 Å². The van der Waals surface area contributed by atoms with Gasteiger partial charge in [0.25, 0.3) is 0 Å². The Bertz CT molecular complexity index is 366. The van der Waals surface area contributed by atoms with E-state index in [9.17, 15) is 19.2 Å². The molecule has 0 saturated carbocycles. The van der Waals surface area contributed by atoms with Crippen LogP contribution >= 0.6 is 0 Å². The quantitative estimate of drug-likeness (QED) is 0.453. The van der Waals surface area contributed by atoms with Crippen LogP contribution in [-0.2, 0) is 38.1 Å². The number of hydrogen-bond donors (Lipinski definition) is 0. The lowest BCUT2D eigenvalue weighted by molar-refractivity contribution is -0.169. The van der Waals surface area contributed by atoms with Crippen molar-refractivity contribution in [1.82, 2.24) is 0 Å². The SMILES string of the molecule is CCOC(=O)[C@H](C)OC(=O)CCC(=O)O[C@@H](C)C(=O)OCC. The highest BCUT2D eigenvalue weighted by atomic mass is 16.6. The van der Waals surface area contributed by atoms with E-state index in [0.29, 0.717) is 0 Å². The van der Waals surface area contributed by atoms with Crippen LogP contribution in [0, 0.1) is 0 Å². The van der Waals surface area contributed by atoms with E-state index in [2.05, 4.69) is 9.47 Å². The summed E-state index contributed by atoms with van der Waals surface area (Å²) in [4.78, 5) is 45.4. The predicted octanol–water partition coefficient (Wildman–Crippen LogP) is 0.756. The number of rotatable bonds is 9. The standard InChI is InChI=1S/C14H22O8/c1-5-19-13(17)9(3)21-11(15)7-8-12(16)22-10(4)14(18)20-6-2/h9-10H,5-8H2,1-4H3/t9-,10-/m0/s1. The lowest BCUT2D eigenvalue weighted by Gasteiger charge is -2.13. The smallest absolute Gasteiger partial charge is 0.347 e. The van der Waals surface area contributed by atoms with Gasteiger partial charge in [0, 0.05) is 0 Å². The highest BCUT2D eigenvalue weighted by Crippen LogP contribution is 2.04. The van der Waals surface area contributed by atoms with Crippen LogP contribution in [0.3, 0.4) is 0 Å². The molecule has 2 atom stereocenters. The van der Waals surface area contributed by atoms with Crippen LogP contribution in [0.4, 0.5) is 0 Å². The molecule has 0 spiro atoms. The Kier molecular flexibility index (Phi) is 9.56. The molecule has 0 radical (unpaired) electrons. The minimum Gasteiger partial charge on any atom is -0.463 e. The van der Waals surface area contributed by atoms with Gasteiger partial charge in [-0.05, 0) is 27.7 Å². The third-order valence-corrected chi connectivity index (χ3v) is 2.39. The summed E-state index contributed by atoms with van der Waals surface area (Å²) >= 11 is 0. The molecule has 0 rings (SSSR count). The van der Waals surface area contributed by atoms with Crippen molar-refractivity contribution in [1.29, 1.82) is 0 Å². The Morgan fingerprint density at radius 1 is 0.727 bits per heavy atom. The van der Waals surface area contributed by atoms with Gasteiger partial charge in [-0.2, -0.15) is 0 Å². The molecule has 0 heterocycles. The van der Waals surface area contributed by atoms with Gasteiger partial charge in [-0.15, -0.1) is 0 Å². The van der Waals surface area contributed by atoms with Crippen LogP contribution in [-0.4, -0.2) is 49.3 Å². The first kappa shape index (κ1) is 19.9. The molecule has 0 aromatic rings. The normalized spacial score (nSPS) is 12.7. The molecule has 22 heavy (non-hydrogen) atoms. The van der Waals surface area contributed by atoms with Crippen molar-refractivity contribution in [2.24, 2.45) is 0 Å². The summed E-state index contributed by atoms with van der Waals surface area (Å²) in [5.41, 5.74) is 0. The van der Waals surface area contributed by atoms with Crippen molar-refractivity contribution in [2.75, 3.05) is 13.2 Å². The van der Waals surface area contributed by atoms with Crippen LogP contribution in [0.5, 0.6) is 0 Å². The van der Waals surface area contributed by atoms with Crippen LogP contribution in [0.15, 0.2) is 0 Å². The summed E-state index contributed by atoms with van der Waals surface area (Å²) in [5, 5.41) is 0. The fraction of sp³-hybridized carbons (Fsp3) is 0.714. The highest BCUT2D eigenvalue weighted by Gasteiger charge is 2.22. The Morgan fingerprint density at radius 2 is 1.05 bits per heavy atom. The molecule has 0 aliphatic heterocycles. The molecule has 0 unspecified atom stereocenters. The number of carbonyl (C=O) groups excluding carboxylic acids is 4. The van der Waals surface area contributed by atoms with E-state index in [-0.39, 0.29) is 26.1 Å². The number of ether oxygens (including phenoxy) is 4. The molecular formula is C14H22O8. The van der Waals surface area contributed by atoms with Gasteiger partial charge >= 0.3 is 23.9 Å². The molecule has 0 N–H and O–H groups in total. The summed E-state index contributed by atoms with van der Waals surface area (Å²) in [6.07, 6.45) is -2.61. The molecule has 0 saturated heterocycles. The second-order valence-electron chi connectivity index (χ2n) is 4.27. The zero-order chi connectivity index (χ0) is 17.1. The summed E-state index contributed by atoms with van der Waals surface area (Å²) in [6, 6.07) is 0. The maximum Gasteiger partial charge on any atom is 0.347 e. The summed E-state index contributed by atoms with van der Waals surface area (Å²) in [6.45, 7) is 6.37. The average Bonchev–Trinajstić information content (AvgIpc) is 2.45. The maximum absolute atomic E-state index is 11.5. The third kappa shape index (κ3) is 8.23. The van der Waals surface area contributed by atoms with Gasteiger partial charge in [-0.3, -0.25) is 9.59 Å². The number of esters is 4. The van der Waals surface area contributed by atoms with Crippen LogP contribution < -0.4 is 0 Å². The highest BCUT2D eigenvalue weighted by molar-refractivity contribution is 5.83. The third-order valence-electron chi connectivity index (χ3n) is 2.39. The molecule has 0 aromatic heterocycles. The molecule has 0 bridgehead atoms. The Balaban J connectivity index is 4.06. The van der Waals surface area contributed by atoms with Crippen molar-refractivity contribution in [3.05, 3.63) is 0 Å². The summed E-state index contributed by atoms with van der Waals surface area (Å²) in [5.74, 6) is -2.79. The predicted molar refractivity (Wildman–Crippen MR) is 73.6 cm³/mol. The second-order valence-corrected chi connectivity index (χ2v) is 4.27. The van der Waals surface area contributed by atoms with Gasteiger partial charge in [0.1, 0.15) is 0 Å². The molecule has 0 aromatic carbocycles. The van der Waals surface area contributed by atoms with E-state index < -0.39 is 36.1 Å². The fourth-order valence-electron chi connectivity index (χ4n) is 1.33. The zero-order valence-electron chi connectivity index (χ0n) is 13.2. The van der Waals surface area contributed by atoms with Crippen molar-refractivity contribution >= 4 is 23.9 Å².